The Labute approximate surface area is 63.4 Å². The summed E-state index contributed by atoms with van der Waals surface area (Å²) >= 11 is 0. The van der Waals surface area contributed by atoms with Crippen LogP contribution >= 0.6 is 0 Å². The van der Waals surface area contributed by atoms with Crippen LogP contribution in [0, 0.1) is 11.8 Å². The van der Waals surface area contributed by atoms with Crippen LogP contribution < -0.4 is 0 Å². The van der Waals surface area contributed by atoms with Gasteiger partial charge in [-0.3, -0.25) is 0 Å². The van der Waals surface area contributed by atoms with Crippen molar-refractivity contribution in [2.24, 2.45) is 11.8 Å². The van der Waals surface area contributed by atoms with Gasteiger partial charge in [-0.15, -0.1) is 0 Å². The predicted octanol–water partition coefficient (Wildman–Crippen LogP) is 2.19. The summed E-state index contributed by atoms with van der Waals surface area (Å²) in [5.41, 5.74) is 0. The highest BCUT2D eigenvalue weighted by Gasteiger charge is 2.30. The molecule has 1 rings (SSSR count). The number of aliphatic hydroxyl groups excluding tert-OH is 1. The van der Waals surface area contributed by atoms with Crippen LogP contribution in [0.5, 0.6) is 0 Å². The second-order valence-electron chi connectivity index (χ2n) is 3.69. The van der Waals surface area contributed by atoms with E-state index in [-0.39, 0.29) is 6.10 Å². The van der Waals surface area contributed by atoms with E-state index in [9.17, 15) is 5.11 Å². The Balaban J connectivity index is 2.11. The van der Waals surface area contributed by atoms with Gasteiger partial charge in [-0.05, 0) is 31.1 Å². The van der Waals surface area contributed by atoms with Crippen LogP contribution in [0.1, 0.15) is 39.5 Å². The lowest BCUT2D eigenvalue weighted by Gasteiger charge is -2.36. The predicted molar refractivity (Wildman–Crippen MR) is 42.8 cm³/mol. The monoisotopic (exact) mass is 142 g/mol. The highest BCUT2D eigenvalue weighted by atomic mass is 16.3. The molecule has 1 aliphatic carbocycles. The zero-order valence-corrected chi connectivity index (χ0v) is 7.01. The normalized spacial score (nSPS) is 35.1. The summed E-state index contributed by atoms with van der Waals surface area (Å²) in [4.78, 5) is 0. The lowest BCUT2D eigenvalue weighted by molar-refractivity contribution is 0.0274. The fourth-order valence-corrected chi connectivity index (χ4v) is 1.81. The standard InChI is InChI=1S/C9H18O/c1-3-4-9(10)8-5-7(2)6-8/h7-10H,3-6H2,1-2H3. The molecule has 1 saturated carbocycles. The van der Waals surface area contributed by atoms with Crippen molar-refractivity contribution in [3.8, 4) is 0 Å². The highest BCUT2D eigenvalue weighted by molar-refractivity contribution is 4.81. The van der Waals surface area contributed by atoms with Crippen LogP contribution in [0.3, 0.4) is 0 Å². The number of hydrogen-bond acceptors (Lipinski definition) is 1. The highest BCUT2D eigenvalue weighted by Crippen LogP contribution is 2.36. The molecule has 0 radical (unpaired) electrons. The van der Waals surface area contributed by atoms with E-state index in [1.165, 1.54) is 12.8 Å². The summed E-state index contributed by atoms with van der Waals surface area (Å²) in [7, 11) is 0. The fraction of sp³-hybridized carbons (Fsp3) is 1.00. The Hall–Kier alpha value is -0.0400. The zero-order valence-electron chi connectivity index (χ0n) is 7.01. The molecule has 0 aromatic rings. The minimum absolute atomic E-state index is 0.00111. The van der Waals surface area contributed by atoms with E-state index in [1.807, 2.05) is 0 Å². The minimum Gasteiger partial charge on any atom is -0.393 e. The molecule has 1 aliphatic rings. The van der Waals surface area contributed by atoms with E-state index >= 15 is 0 Å². The van der Waals surface area contributed by atoms with Crippen molar-refractivity contribution in [3.63, 3.8) is 0 Å². The van der Waals surface area contributed by atoms with Crippen LogP contribution in [0.4, 0.5) is 0 Å². The van der Waals surface area contributed by atoms with Gasteiger partial charge in [0.1, 0.15) is 0 Å². The van der Waals surface area contributed by atoms with Crippen molar-refractivity contribution in [2.45, 2.75) is 45.6 Å². The van der Waals surface area contributed by atoms with Crippen molar-refractivity contribution in [1.29, 1.82) is 0 Å². The first-order valence-electron chi connectivity index (χ1n) is 4.42. The molecule has 1 N–H and O–H groups in total. The van der Waals surface area contributed by atoms with Gasteiger partial charge in [-0.25, -0.2) is 0 Å². The van der Waals surface area contributed by atoms with Gasteiger partial charge in [0.2, 0.25) is 0 Å². The summed E-state index contributed by atoms with van der Waals surface area (Å²) in [5.74, 6) is 1.51. The van der Waals surface area contributed by atoms with Gasteiger partial charge in [0.15, 0.2) is 0 Å². The van der Waals surface area contributed by atoms with E-state index in [1.54, 1.807) is 0 Å². The first-order chi connectivity index (χ1) is 4.74. The molecule has 0 spiro atoms. The maximum atomic E-state index is 9.49. The molecular weight excluding hydrogens is 124 g/mol. The van der Waals surface area contributed by atoms with E-state index in [4.69, 9.17) is 0 Å². The zero-order chi connectivity index (χ0) is 7.56. The van der Waals surface area contributed by atoms with Gasteiger partial charge in [0.25, 0.3) is 0 Å². The average Bonchev–Trinajstić information content (AvgIpc) is 1.82. The largest absolute Gasteiger partial charge is 0.393 e. The Morgan fingerprint density at radius 2 is 2.10 bits per heavy atom. The van der Waals surface area contributed by atoms with Crippen molar-refractivity contribution >= 4 is 0 Å². The van der Waals surface area contributed by atoms with Gasteiger partial charge in [0.05, 0.1) is 6.10 Å². The molecule has 60 valence electrons. The third kappa shape index (κ3) is 1.72. The van der Waals surface area contributed by atoms with Crippen LogP contribution in [0.2, 0.25) is 0 Å². The fourth-order valence-electron chi connectivity index (χ4n) is 1.81. The Kier molecular flexibility index (Phi) is 2.72. The number of hydrogen-bond donors (Lipinski definition) is 1. The molecule has 0 heterocycles. The van der Waals surface area contributed by atoms with E-state index in [0.29, 0.717) is 5.92 Å². The first-order valence-corrected chi connectivity index (χ1v) is 4.42. The second kappa shape index (κ2) is 3.38. The maximum absolute atomic E-state index is 9.49. The lowest BCUT2D eigenvalue weighted by atomic mass is 9.72. The van der Waals surface area contributed by atoms with E-state index in [0.717, 1.165) is 18.8 Å². The lowest BCUT2D eigenvalue weighted by Crippen LogP contribution is -2.31. The van der Waals surface area contributed by atoms with Crippen molar-refractivity contribution in [1.82, 2.24) is 0 Å². The summed E-state index contributed by atoms with van der Waals surface area (Å²) in [6.45, 7) is 4.39. The molecule has 0 aromatic carbocycles. The molecule has 0 bridgehead atoms. The van der Waals surface area contributed by atoms with Gasteiger partial charge in [-0.2, -0.15) is 0 Å². The molecule has 0 aromatic heterocycles. The Morgan fingerprint density at radius 3 is 2.50 bits per heavy atom. The van der Waals surface area contributed by atoms with Gasteiger partial charge >= 0.3 is 0 Å². The van der Waals surface area contributed by atoms with Crippen LogP contribution in [-0.4, -0.2) is 11.2 Å². The average molecular weight is 142 g/mol. The third-order valence-corrected chi connectivity index (χ3v) is 2.54. The van der Waals surface area contributed by atoms with Gasteiger partial charge in [0, 0.05) is 0 Å². The third-order valence-electron chi connectivity index (χ3n) is 2.54. The molecule has 1 atom stereocenters. The Morgan fingerprint density at radius 1 is 1.50 bits per heavy atom. The molecule has 1 heteroatoms. The molecule has 1 unspecified atom stereocenters. The van der Waals surface area contributed by atoms with Gasteiger partial charge in [-0.1, -0.05) is 20.3 Å². The Bertz CT molecular complexity index is 92.1. The number of aliphatic hydroxyl groups is 1. The number of rotatable bonds is 3. The van der Waals surface area contributed by atoms with E-state index < -0.39 is 0 Å². The summed E-state index contributed by atoms with van der Waals surface area (Å²) in [6, 6.07) is 0. The van der Waals surface area contributed by atoms with Gasteiger partial charge < -0.3 is 5.11 Å². The van der Waals surface area contributed by atoms with Crippen LogP contribution in [0.15, 0.2) is 0 Å². The van der Waals surface area contributed by atoms with Crippen LogP contribution in [0.25, 0.3) is 0 Å². The summed E-state index contributed by atoms with van der Waals surface area (Å²) < 4.78 is 0. The topological polar surface area (TPSA) is 20.2 Å². The molecule has 0 amide bonds. The molecule has 1 fully saturated rings. The van der Waals surface area contributed by atoms with Crippen molar-refractivity contribution in [2.75, 3.05) is 0 Å². The van der Waals surface area contributed by atoms with Crippen molar-refractivity contribution in [3.05, 3.63) is 0 Å². The second-order valence-corrected chi connectivity index (χ2v) is 3.69. The minimum atomic E-state index is 0.00111. The van der Waals surface area contributed by atoms with E-state index in [2.05, 4.69) is 13.8 Å². The maximum Gasteiger partial charge on any atom is 0.0568 e. The molecule has 10 heavy (non-hydrogen) atoms. The molecular formula is C9H18O. The van der Waals surface area contributed by atoms with Crippen LogP contribution in [-0.2, 0) is 0 Å². The SMILES string of the molecule is CCCC(O)C1CC(C)C1. The summed E-state index contributed by atoms with van der Waals surface area (Å²) in [5, 5.41) is 9.49. The molecule has 1 nitrogen and oxygen atoms in total. The molecule has 0 aliphatic heterocycles. The smallest absolute Gasteiger partial charge is 0.0568 e. The molecule has 0 saturated heterocycles. The summed E-state index contributed by atoms with van der Waals surface area (Å²) in [6.07, 6.45) is 4.62. The quantitative estimate of drug-likeness (QED) is 0.640. The first kappa shape index (κ1) is 8.06. The van der Waals surface area contributed by atoms with Crippen molar-refractivity contribution < 1.29 is 5.11 Å².